The monoisotopic (exact) mass is 381 g/mol. The maximum atomic E-state index is 4.62. The lowest BCUT2D eigenvalue weighted by Gasteiger charge is -2.20. The molecule has 0 saturated carbocycles. The quantitative estimate of drug-likeness (QED) is 0.671. The lowest BCUT2D eigenvalue weighted by Crippen LogP contribution is -2.27. The SMILES string of the molecule is Brc1ccc(-c2ccc(-c3cnc(C4CCNCC4)[nH]3)cc2)cc1. The first-order valence-electron chi connectivity index (χ1n) is 8.41. The van der Waals surface area contributed by atoms with Gasteiger partial charge < -0.3 is 10.3 Å². The lowest BCUT2D eigenvalue weighted by atomic mass is 9.97. The van der Waals surface area contributed by atoms with Gasteiger partial charge in [-0.25, -0.2) is 4.98 Å². The number of piperidine rings is 1. The van der Waals surface area contributed by atoms with Gasteiger partial charge in [-0.3, -0.25) is 0 Å². The zero-order valence-corrected chi connectivity index (χ0v) is 15.0. The van der Waals surface area contributed by atoms with E-state index in [0.717, 1.165) is 41.9 Å². The average Bonchev–Trinajstić information content (AvgIpc) is 3.13. The Balaban J connectivity index is 1.54. The first-order chi connectivity index (χ1) is 11.8. The van der Waals surface area contributed by atoms with E-state index >= 15 is 0 Å². The summed E-state index contributed by atoms with van der Waals surface area (Å²) in [7, 11) is 0. The van der Waals surface area contributed by atoms with Crippen molar-refractivity contribution >= 4 is 15.9 Å². The van der Waals surface area contributed by atoms with Crippen LogP contribution in [0.25, 0.3) is 22.4 Å². The highest BCUT2D eigenvalue weighted by molar-refractivity contribution is 9.10. The molecule has 1 aliphatic rings. The van der Waals surface area contributed by atoms with Crippen LogP contribution in [0.4, 0.5) is 0 Å². The summed E-state index contributed by atoms with van der Waals surface area (Å²) in [5.41, 5.74) is 4.74. The van der Waals surface area contributed by atoms with E-state index in [1.54, 1.807) is 0 Å². The van der Waals surface area contributed by atoms with Crippen molar-refractivity contribution in [1.82, 2.24) is 15.3 Å². The van der Waals surface area contributed by atoms with Gasteiger partial charge in [-0.05, 0) is 54.8 Å². The average molecular weight is 382 g/mol. The number of imidazole rings is 1. The second kappa shape index (κ2) is 6.91. The maximum Gasteiger partial charge on any atom is 0.109 e. The Labute approximate surface area is 150 Å². The van der Waals surface area contributed by atoms with Gasteiger partial charge in [-0.1, -0.05) is 52.3 Å². The van der Waals surface area contributed by atoms with E-state index in [1.165, 1.54) is 16.7 Å². The molecule has 0 atom stereocenters. The molecule has 2 aromatic carbocycles. The van der Waals surface area contributed by atoms with Gasteiger partial charge in [-0.2, -0.15) is 0 Å². The van der Waals surface area contributed by atoms with Crippen LogP contribution < -0.4 is 5.32 Å². The Morgan fingerprint density at radius 1 is 0.833 bits per heavy atom. The van der Waals surface area contributed by atoms with E-state index in [0.29, 0.717) is 5.92 Å². The molecule has 122 valence electrons. The number of H-pyrrole nitrogens is 1. The van der Waals surface area contributed by atoms with Crippen molar-refractivity contribution in [2.24, 2.45) is 0 Å². The summed E-state index contributed by atoms with van der Waals surface area (Å²) < 4.78 is 1.10. The summed E-state index contributed by atoms with van der Waals surface area (Å²) in [6.07, 6.45) is 4.29. The first kappa shape index (κ1) is 15.6. The molecule has 0 unspecified atom stereocenters. The first-order valence-corrected chi connectivity index (χ1v) is 9.21. The number of aromatic amines is 1. The van der Waals surface area contributed by atoms with Crippen LogP contribution in [0.3, 0.4) is 0 Å². The van der Waals surface area contributed by atoms with Gasteiger partial charge in [0, 0.05) is 10.4 Å². The topological polar surface area (TPSA) is 40.7 Å². The van der Waals surface area contributed by atoms with Gasteiger partial charge in [0.15, 0.2) is 0 Å². The number of nitrogens with one attached hydrogen (secondary N) is 2. The van der Waals surface area contributed by atoms with Crippen LogP contribution >= 0.6 is 15.9 Å². The van der Waals surface area contributed by atoms with E-state index < -0.39 is 0 Å². The molecule has 0 aliphatic carbocycles. The fraction of sp³-hybridized carbons (Fsp3) is 0.250. The molecule has 0 bridgehead atoms. The molecule has 3 aromatic rings. The van der Waals surface area contributed by atoms with Gasteiger partial charge in [-0.15, -0.1) is 0 Å². The number of halogens is 1. The summed E-state index contributed by atoms with van der Waals surface area (Å²) in [4.78, 5) is 8.14. The smallest absolute Gasteiger partial charge is 0.109 e. The number of benzene rings is 2. The summed E-state index contributed by atoms with van der Waals surface area (Å²) >= 11 is 3.48. The third-order valence-electron chi connectivity index (χ3n) is 4.69. The third kappa shape index (κ3) is 3.30. The van der Waals surface area contributed by atoms with Crippen molar-refractivity contribution in [3.05, 3.63) is 65.0 Å². The van der Waals surface area contributed by atoms with Crippen LogP contribution in [-0.4, -0.2) is 23.1 Å². The highest BCUT2D eigenvalue weighted by Gasteiger charge is 2.18. The standard InChI is InChI=1S/C20H20BrN3/c21-18-7-5-15(6-8-18)14-1-3-16(4-2-14)19-13-23-20(24-19)17-9-11-22-12-10-17/h1-8,13,17,22H,9-12H2,(H,23,24). The van der Waals surface area contributed by atoms with Crippen LogP contribution in [0, 0.1) is 0 Å². The lowest BCUT2D eigenvalue weighted by molar-refractivity contribution is 0.447. The normalized spacial score (nSPS) is 15.5. The minimum atomic E-state index is 0.557. The van der Waals surface area contributed by atoms with E-state index in [-0.39, 0.29) is 0 Å². The molecule has 1 aromatic heterocycles. The minimum absolute atomic E-state index is 0.557. The van der Waals surface area contributed by atoms with Crippen molar-refractivity contribution in [3.63, 3.8) is 0 Å². The Morgan fingerprint density at radius 3 is 2.08 bits per heavy atom. The zero-order valence-electron chi connectivity index (χ0n) is 13.4. The molecule has 1 fully saturated rings. The van der Waals surface area contributed by atoms with E-state index in [2.05, 4.69) is 79.7 Å². The predicted molar refractivity (Wildman–Crippen MR) is 102 cm³/mol. The number of rotatable bonds is 3. The second-order valence-electron chi connectivity index (χ2n) is 6.29. The van der Waals surface area contributed by atoms with Crippen molar-refractivity contribution < 1.29 is 0 Å². The molecular formula is C20H20BrN3. The van der Waals surface area contributed by atoms with Crippen molar-refractivity contribution in [3.8, 4) is 22.4 Å². The highest BCUT2D eigenvalue weighted by Crippen LogP contribution is 2.28. The van der Waals surface area contributed by atoms with Crippen LogP contribution in [-0.2, 0) is 0 Å². The van der Waals surface area contributed by atoms with Crippen molar-refractivity contribution in [2.45, 2.75) is 18.8 Å². The molecule has 2 N–H and O–H groups in total. The number of nitrogens with zero attached hydrogens (tertiary/aromatic N) is 1. The van der Waals surface area contributed by atoms with Crippen molar-refractivity contribution in [1.29, 1.82) is 0 Å². The molecule has 0 radical (unpaired) electrons. The number of hydrogen-bond donors (Lipinski definition) is 2. The molecular weight excluding hydrogens is 362 g/mol. The highest BCUT2D eigenvalue weighted by atomic mass is 79.9. The summed E-state index contributed by atoms with van der Waals surface area (Å²) in [6, 6.07) is 17.1. The fourth-order valence-corrected chi connectivity index (χ4v) is 3.54. The largest absolute Gasteiger partial charge is 0.342 e. The Kier molecular flexibility index (Phi) is 4.50. The van der Waals surface area contributed by atoms with E-state index in [4.69, 9.17) is 0 Å². The molecule has 24 heavy (non-hydrogen) atoms. The van der Waals surface area contributed by atoms with Gasteiger partial charge in [0.05, 0.1) is 11.9 Å². The number of hydrogen-bond acceptors (Lipinski definition) is 2. The molecule has 1 aliphatic heterocycles. The molecule has 2 heterocycles. The van der Waals surface area contributed by atoms with Crippen LogP contribution in [0.15, 0.2) is 59.2 Å². The molecule has 4 rings (SSSR count). The fourth-order valence-electron chi connectivity index (χ4n) is 3.27. The molecule has 3 nitrogen and oxygen atoms in total. The summed E-state index contributed by atoms with van der Waals surface area (Å²) in [5, 5.41) is 3.40. The Morgan fingerprint density at radius 2 is 1.42 bits per heavy atom. The molecule has 4 heteroatoms. The molecule has 1 saturated heterocycles. The minimum Gasteiger partial charge on any atom is -0.342 e. The van der Waals surface area contributed by atoms with Crippen LogP contribution in [0.2, 0.25) is 0 Å². The van der Waals surface area contributed by atoms with Gasteiger partial charge >= 0.3 is 0 Å². The van der Waals surface area contributed by atoms with Gasteiger partial charge in [0.2, 0.25) is 0 Å². The van der Waals surface area contributed by atoms with Crippen molar-refractivity contribution in [2.75, 3.05) is 13.1 Å². The second-order valence-corrected chi connectivity index (χ2v) is 7.21. The Bertz CT molecular complexity index is 800. The van der Waals surface area contributed by atoms with Crippen LogP contribution in [0.1, 0.15) is 24.6 Å². The summed E-state index contributed by atoms with van der Waals surface area (Å²) in [5.74, 6) is 1.69. The molecule has 0 amide bonds. The molecule has 0 spiro atoms. The van der Waals surface area contributed by atoms with Crippen LogP contribution in [0.5, 0.6) is 0 Å². The summed E-state index contributed by atoms with van der Waals surface area (Å²) in [6.45, 7) is 2.17. The Hall–Kier alpha value is -1.91. The third-order valence-corrected chi connectivity index (χ3v) is 5.22. The maximum absolute atomic E-state index is 4.62. The van der Waals surface area contributed by atoms with E-state index in [1.807, 2.05) is 6.20 Å². The van der Waals surface area contributed by atoms with Gasteiger partial charge in [0.1, 0.15) is 5.82 Å². The predicted octanol–water partition coefficient (Wildman–Crippen LogP) is 4.97. The van der Waals surface area contributed by atoms with E-state index in [9.17, 15) is 0 Å². The number of aromatic nitrogens is 2. The zero-order chi connectivity index (χ0) is 16.4. The van der Waals surface area contributed by atoms with Gasteiger partial charge in [0.25, 0.3) is 0 Å².